The van der Waals surface area contributed by atoms with Crippen LogP contribution in [0.5, 0.6) is 11.5 Å². The van der Waals surface area contributed by atoms with Gasteiger partial charge in [-0.25, -0.2) is 4.31 Å². The predicted molar refractivity (Wildman–Crippen MR) is 128 cm³/mol. The largest absolute Gasteiger partial charge is 0.486 e. The summed E-state index contributed by atoms with van der Waals surface area (Å²) in [4.78, 5) is 26.9. The van der Waals surface area contributed by atoms with E-state index in [1.807, 2.05) is 44.1 Å². The molecule has 8 nitrogen and oxygen atoms in total. The molecule has 3 atom stereocenters. The van der Waals surface area contributed by atoms with Crippen LogP contribution in [0.1, 0.15) is 52.5 Å². The van der Waals surface area contributed by atoms with Crippen molar-refractivity contribution in [3.05, 3.63) is 17.7 Å². The van der Waals surface area contributed by atoms with Crippen LogP contribution in [0.3, 0.4) is 0 Å². The molecule has 0 bridgehead atoms. The highest BCUT2D eigenvalue weighted by Gasteiger charge is 2.36. The van der Waals surface area contributed by atoms with Crippen molar-refractivity contribution in [1.82, 2.24) is 14.9 Å². The molecule has 0 saturated carbocycles. The summed E-state index contributed by atoms with van der Waals surface area (Å²) in [5.74, 6) is 1.04. The second kappa shape index (κ2) is 11.9. The van der Waals surface area contributed by atoms with E-state index in [4.69, 9.17) is 9.47 Å². The van der Waals surface area contributed by atoms with E-state index in [2.05, 4.69) is 10.6 Å². The Morgan fingerprint density at radius 3 is 2.55 bits per heavy atom. The van der Waals surface area contributed by atoms with Crippen molar-refractivity contribution < 1.29 is 24.2 Å². The fourth-order valence-corrected chi connectivity index (χ4v) is 5.19. The Labute approximate surface area is 200 Å². The van der Waals surface area contributed by atoms with Crippen LogP contribution in [0.15, 0.2) is 17.0 Å². The van der Waals surface area contributed by atoms with Crippen molar-refractivity contribution in [2.24, 2.45) is 5.92 Å². The zero-order valence-corrected chi connectivity index (χ0v) is 20.9. The molecule has 1 aromatic carbocycles. The Hall–Kier alpha value is -1.97. The first-order chi connectivity index (χ1) is 15.8. The fraction of sp³-hybridized carbons (Fsp3) is 0.667. The Morgan fingerprint density at radius 2 is 1.91 bits per heavy atom. The molecule has 1 aromatic rings. The average molecular weight is 480 g/mol. The van der Waals surface area contributed by atoms with Crippen molar-refractivity contribution in [3.8, 4) is 11.5 Å². The van der Waals surface area contributed by atoms with E-state index in [1.54, 1.807) is 0 Å². The number of aliphatic hydroxyl groups is 1. The number of carbonyl (C=O) groups is 2. The van der Waals surface area contributed by atoms with Crippen molar-refractivity contribution in [2.75, 3.05) is 26.3 Å². The van der Waals surface area contributed by atoms with Gasteiger partial charge in [-0.2, -0.15) is 0 Å². The van der Waals surface area contributed by atoms with Crippen LogP contribution < -0.4 is 20.1 Å². The molecule has 0 unspecified atom stereocenters. The molecular formula is C24H37N3O5S. The Morgan fingerprint density at radius 1 is 1.21 bits per heavy atom. The molecule has 0 aliphatic carbocycles. The first kappa shape index (κ1) is 25.6. The van der Waals surface area contributed by atoms with Gasteiger partial charge in [0.2, 0.25) is 5.91 Å². The van der Waals surface area contributed by atoms with E-state index in [9.17, 15) is 14.7 Å². The molecule has 2 aliphatic heterocycles. The summed E-state index contributed by atoms with van der Waals surface area (Å²) in [6, 6.07) is 2.88. The maximum atomic E-state index is 13.4. The number of hydrogen-bond donors (Lipinski definition) is 3. The molecule has 0 spiro atoms. The van der Waals surface area contributed by atoms with E-state index in [0.717, 1.165) is 29.1 Å². The Bertz CT molecular complexity index is 835. The molecule has 2 amide bonds. The maximum absolute atomic E-state index is 13.4. The summed E-state index contributed by atoms with van der Waals surface area (Å²) in [6.07, 6.45) is 1.55. The van der Waals surface area contributed by atoms with Gasteiger partial charge >= 0.3 is 0 Å². The minimum absolute atomic E-state index is 0.184. The number of carbonyl (C=O) groups excluding carboxylic acids is 2. The summed E-state index contributed by atoms with van der Waals surface area (Å²) in [5, 5.41) is 16.5. The van der Waals surface area contributed by atoms with E-state index >= 15 is 0 Å². The molecule has 9 heteroatoms. The number of nitrogens with zero attached hydrogens (tertiary/aromatic N) is 1. The van der Waals surface area contributed by atoms with Gasteiger partial charge in [0.1, 0.15) is 19.3 Å². The number of ether oxygens (including phenoxy) is 2. The molecule has 184 valence electrons. The molecular weight excluding hydrogens is 442 g/mol. The van der Waals surface area contributed by atoms with Crippen molar-refractivity contribution in [2.45, 2.75) is 76.5 Å². The van der Waals surface area contributed by atoms with Gasteiger partial charge in [-0.15, -0.1) is 0 Å². The fourth-order valence-electron chi connectivity index (χ4n) is 4.09. The summed E-state index contributed by atoms with van der Waals surface area (Å²) >= 11 is 1.53. The van der Waals surface area contributed by atoms with Crippen LogP contribution in [-0.4, -0.2) is 65.7 Å². The topological polar surface area (TPSA) is 100 Å². The van der Waals surface area contributed by atoms with E-state index in [-0.39, 0.29) is 11.8 Å². The highest BCUT2D eigenvalue weighted by Crippen LogP contribution is 2.42. The number of hydrogen-bond acceptors (Lipinski definition) is 7. The highest BCUT2D eigenvalue weighted by molar-refractivity contribution is 7.97. The Kier molecular flexibility index (Phi) is 9.28. The lowest BCUT2D eigenvalue weighted by atomic mass is 9.97. The van der Waals surface area contributed by atoms with E-state index in [0.29, 0.717) is 44.9 Å². The zero-order valence-electron chi connectivity index (χ0n) is 20.1. The third-order valence-electron chi connectivity index (χ3n) is 5.85. The molecule has 2 aliphatic rings. The van der Waals surface area contributed by atoms with Gasteiger partial charge in [0.25, 0.3) is 5.91 Å². The summed E-state index contributed by atoms with van der Waals surface area (Å²) in [6.45, 7) is 10.3. The lowest BCUT2D eigenvalue weighted by Crippen LogP contribution is -2.56. The van der Waals surface area contributed by atoms with Gasteiger partial charge in [-0.1, -0.05) is 34.1 Å². The second-order valence-corrected chi connectivity index (χ2v) is 10.1. The number of unbranched alkanes of at least 4 members (excludes halogenated alkanes) is 1. The second-order valence-electron chi connectivity index (χ2n) is 8.98. The van der Waals surface area contributed by atoms with E-state index < -0.39 is 24.1 Å². The zero-order chi connectivity index (χ0) is 24.0. The van der Waals surface area contributed by atoms with Gasteiger partial charge in [0, 0.05) is 18.0 Å². The van der Waals surface area contributed by atoms with Crippen molar-refractivity contribution >= 4 is 23.8 Å². The predicted octanol–water partition coefficient (Wildman–Crippen LogP) is 2.52. The standard InChI is InChI=1S/C24H37N3O5S/c1-5-7-8-25-24(30)22(28)17(11-15(3)4)26-23(29)18-12-16-13-19-20(32-10-9-31-19)14-21(16)33-27(18)6-2/h13-15,17-18,22,28H,5-12H2,1-4H3,(H,25,30)(H,26,29)/t17-,18-,22+/m0/s1. The quantitative estimate of drug-likeness (QED) is 0.350. The van der Waals surface area contributed by atoms with Crippen LogP contribution in [0.4, 0.5) is 0 Å². The van der Waals surface area contributed by atoms with Crippen LogP contribution in [0, 0.1) is 5.92 Å². The third kappa shape index (κ3) is 6.55. The minimum Gasteiger partial charge on any atom is -0.486 e. The number of amides is 2. The monoisotopic (exact) mass is 479 g/mol. The van der Waals surface area contributed by atoms with Crippen LogP contribution in [0.25, 0.3) is 0 Å². The SMILES string of the molecule is CCCCNC(=O)[C@H](O)[C@H](CC(C)C)NC(=O)[C@@H]1Cc2cc3c(cc2SN1CC)OCCO3. The normalized spacial score (nSPS) is 19.5. The molecule has 33 heavy (non-hydrogen) atoms. The van der Waals surface area contributed by atoms with Crippen LogP contribution >= 0.6 is 11.9 Å². The van der Waals surface area contributed by atoms with Gasteiger partial charge in [-0.3, -0.25) is 9.59 Å². The Balaban J connectivity index is 1.73. The smallest absolute Gasteiger partial charge is 0.250 e. The molecule has 0 radical (unpaired) electrons. The number of fused-ring (bicyclic) bond motifs is 2. The molecule has 3 rings (SSSR count). The number of nitrogens with one attached hydrogen (secondary N) is 2. The summed E-state index contributed by atoms with van der Waals surface area (Å²) < 4.78 is 13.5. The molecule has 3 N–H and O–H groups in total. The third-order valence-corrected chi connectivity index (χ3v) is 7.17. The van der Waals surface area contributed by atoms with Gasteiger partial charge in [-0.05, 0) is 54.8 Å². The van der Waals surface area contributed by atoms with Gasteiger partial charge in [0.15, 0.2) is 17.6 Å². The molecule has 0 saturated heterocycles. The number of rotatable bonds is 10. The van der Waals surface area contributed by atoms with Crippen molar-refractivity contribution in [1.29, 1.82) is 0 Å². The minimum atomic E-state index is -1.29. The summed E-state index contributed by atoms with van der Waals surface area (Å²) in [5.41, 5.74) is 1.03. The van der Waals surface area contributed by atoms with Crippen LogP contribution in [-0.2, 0) is 16.0 Å². The lowest BCUT2D eigenvalue weighted by molar-refractivity contribution is -0.133. The molecule has 0 fully saturated rings. The number of aliphatic hydroxyl groups excluding tert-OH is 1. The summed E-state index contributed by atoms with van der Waals surface area (Å²) in [7, 11) is 0. The first-order valence-corrected chi connectivity index (χ1v) is 12.7. The average Bonchev–Trinajstić information content (AvgIpc) is 2.80. The van der Waals surface area contributed by atoms with Gasteiger partial charge < -0.3 is 25.2 Å². The number of likely N-dealkylation sites (N-methyl/N-ethyl adjacent to an activating group) is 1. The highest BCUT2D eigenvalue weighted by atomic mass is 32.2. The van der Waals surface area contributed by atoms with Crippen molar-refractivity contribution in [3.63, 3.8) is 0 Å². The molecule has 2 heterocycles. The molecule has 0 aromatic heterocycles. The van der Waals surface area contributed by atoms with Gasteiger partial charge in [0.05, 0.1) is 6.04 Å². The van der Waals surface area contributed by atoms with E-state index in [1.165, 1.54) is 11.9 Å². The lowest BCUT2D eigenvalue weighted by Gasteiger charge is -2.36. The maximum Gasteiger partial charge on any atom is 0.250 e. The first-order valence-electron chi connectivity index (χ1n) is 12.0. The van der Waals surface area contributed by atoms with Crippen LogP contribution in [0.2, 0.25) is 0 Å². The number of benzene rings is 1.